The fourth-order valence-electron chi connectivity index (χ4n) is 3.25. The summed E-state index contributed by atoms with van der Waals surface area (Å²) >= 11 is 2.83. The number of hydrogen-bond acceptors (Lipinski definition) is 6. The number of aliphatic hydroxyl groups is 1. The smallest absolute Gasteiger partial charge is 0.355 e. The van der Waals surface area contributed by atoms with E-state index in [0.29, 0.717) is 25.0 Å². The van der Waals surface area contributed by atoms with Crippen molar-refractivity contribution < 1.29 is 19.8 Å². The molecule has 1 aromatic heterocycles. The molecule has 1 heterocycles. The van der Waals surface area contributed by atoms with Gasteiger partial charge in [-0.15, -0.1) is 17.9 Å². The second kappa shape index (κ2) is 10.2. The number of Topliss-reactive ketones (excluding diaryl/α,β-unsaturated/α-hetero) is 1. The van der Waals surface area contributed by atoms with Crippen molar-refractivity contribution in [2.75, 3.05) is 5.75 Å². The van der Waals surface area contributed by atoms with Gasteiger partial charge in [-0.05, 0) is 44.9 Å². The number of carbonyl (C=O) groups is 2. The number of carbonyl (C=O) groups excluding carboxylic acids is 1. The van der Waals surface area contributed by atoms with Crippen molar-refractivity contribution in [1.82, 2.24) is 4.98 Å². The third-order valence-corrected chi connectivity index (χ3v) is 6.89. The Morgan fingerprint density at radius 3 is 3.00 bits per heavy atom. The minimum absolute atomic E-state index is 0.00535. The SMILES string of the molecule is C=CCCC(C)(O)C/C=C/[C@H]1CCC(=O)[C@@H]1CCSc1nc(C(=O)O)cs1. The quantitative estimate of drug-likeness (QED) is 0.411. The number of thioether (sulfide) groups is 1. The highest BCUT2D eigenvalue weighted by Gasteiger charge is 2.32. The highest BCUT2D eigenvalue weighted by Crippen LogP contribution is 2.35. The summed E-state index contributed by atoms with van der Waals surface area (Å²) < 4.78 is 0.725. The molecule has 2 N–H and O–H groups in total. The van der Waals surface area contributed by atoms with E-state index >= 15 is 0 Å². The van der Waals surface area contributed by atoms with Crippen molar-refractivity contribution in [3.8, 4) is 0 Å². The summed E-state index contributed by atoms with van der Waals surface area (Å²) in [4.78, 5) is 27.2. The highest BCUT2D eigenvalue weighted by atomic mass is 32.2. The number of hydrogen-bond donors (Lipinski definition) is 2. The molecule has 0 aliphatic heterocycles. The summed E-state index contributed by atoms with van der Waals surface area (Å²) in [6, 6.07) is 0. The van der Waals surface area contributed by atoms with Gasteiger partial charge in [0, 0.05) is 23.5 Å². The molecule has 27 heavy (non-hydrogen) atoms. The average molecular weight is 410 g/mol. The number of carboxylic acids is 1. The highest BCUT2D eigenvalue weighted by molar-refractivity contribution is 8.01. The van der Waals surface area contributed by atoms with Crippen LogP contribution in [0.5, 0.6) is 0 Å². The molecule has 1 fully saturated rings. The van der Waals surface area contributed by atoms with Gasteiger partial charge in [-0.2, -0.15) is 0 Å². The first-order valence-electron chi connectivity index (χ1n) is 9.16. The third-order valence-electron chi connectivity index (χ3n) is 4.84. The number of ketones is 1. The van der Waals surface area contributed by atoms with Crippen LogP contribution >= 0.6 is 23.1 Å². The lowest BCUT2D eigenvalue weighted by atomic mass is 9.90. The van der Waals surface area contributed by atoms with Crippen molar-refractivity contribution in [3.63, 3.8) is 0 Å². The number of nitrogens with zero attached hydrogens (tertiary/aromatic N) is 1. The van der Waals surface area contributed by atoms with E-state index in [1.807, 2.05) is 19.1 Å². The van der Waals surface area contributed by atoms with Crippen molar-refractivity contribution in [2.45, 2.75) is 55.4 Å². The van der Waals surface area contributed by atoms with E-state index in [4.69, 9.17) is 5.11 Å². The largest absolute Gasteiger partial charge is 0.476 e. The normalized spacial score (nSPS) is 22.2. The molecule has 0 bridgehead atoms. The summed E-state index contributed by atoms with van der Waals surface area (Å²) in [5, 5.41) is 20.8. The molecule has 0 spiro atoms. The molecule has 0 amide bonds. The Kier molecular flexibility index (Phi) is 8.26. The first-order valence-corrected chi connectivity index (χ1v) is 11.0. The lowest BCUT2D eigenvalue weighted by molar-refractivity contribution is -0.121. The third kappa shape index (κ3) is 6.90. The fraction of sp³-hybridized carbons (Fsp3) is 0.550. The Balaban J connectivity index is 1.83. The molecule has 2 rings (SSSR count). The van der Waals surface area contributed by atoms with E-state index in [1.165, 1.54) is 28.5 Å². The van der Waals surface area contributed by atoms with Crippen LogP contribution in [0.1, 0.15) is 55.9 Å². The number of thiazole rings is 1. The molecule has 1 unspecified atom stereocenters. The van der Waals surface area contributed by atoms with Gasteiger partial charge in [0.1, 0.15) is 5.78 Å². The zero-order valence-corrected chi connectivity index (χ0v) is 17.2. The minimum atomic E-state index is -1.02. The van der Waals surface area contributed by atoms with Crippen LogP contribution in [0.15, 0.2) is 34.5 Å². The topological polar surface area (TPSA) is 87.5 Å². The van der Waals surface area contributed by atoms with Crippen LogP contribution in [-0.4, -0.2) is 38.3 Å². The second-order valence-corrected chi connectivity index (χ2v) is 9.37. The average Bonchev–Trinajstić information content (AvgIpc) is 3.22. The number of allylic oxidation sites excluding steroid dienone is 2. The van der Waals surface area contributed by atoms with Gasteiger partial charge < -0.3 is 10.2 Å². The molecule has 0 radical (unpaired) electrons. The van der Waals surface area contributed by atoms with Crippen LogP contribution in [0.2, 0.25) is 0 Å². The van der Waals surface area contributed by atoms with Crippen LogP contribution in [0.25, 0.3) is 0 Å². The first-order chi connectivity index (χ1) is 12.8. The monoisotopic (exact) mass is 409 g/mol. The number of rotatable bonds is 11. The fourth-order valence-corrected chi connectivity index (χ4v) is 5.14. The summed E-state index contributed by atoms with van der Waals surface area (Å²) in [7, 11) is 0. The Morgan fingerprint density at radius 2 is 2.33 bits per heavy atom. The van der Waals surface area contributed by atoms with E-state index in [-0.39, 0.29) is 17.5 Å². The number of aromatic carboxylic acids is 1. The molecule has 148 valence electrons. The van der Waals surface area contributed by atoms with Crippen molar-refractivity contribution in [2.24, 2.45) is 11.8 Å². The molecule has 1 aliphatic carbocycles. The molecule has 7 heteroatoms. The lowest BCUT2D eigenvalue weighted by Gasteiger charge is -2.21. The number of aromatic nitrogens is 1. The molecule has 5 nitrogen and oxygen atoms in total. The molecular weight excluding hydrogens is 382 g/mol. The summed E-state index contributed by atoms with van der Waals surface area (Å²) in [6.07, 6.45) is 10.2. The van der Waals surface area contributed by atoms with Gasteiger partial charge in [0.15, 0.2) is 10.0 Å². The summed E-state index contributed by atoms with van der Waals surface area (Å²) in [5.74, 6) is 0.252. The van der Waals surface area contributed by atoms with Crippen molar-refractivity contribution in [3.05, 3.63) is 35.9 Å². The standard InChI is InChI=1S/C20H27NO4S2/c1-3-4-10-20(2,25)11-5-6-14-7-8-17(22)15(14)9-12-26-19-21-16(13-27-19)18(23)24/h3,5-6,13-15,25H,1,4,7-12H2,2H3,(H,23,24)/b6-5+/t14-,15+,20?/m0/s1. The van der Waals surface area contributed by atoms with E-state index in [1.54, 1.807) is 0 Å². The summed E-state index contributed by atoms with van der Waals surface area (Å²) in [6.45, 7) is 5.51. The van der Waals surface area contributed by atoms with Gasteiger partial charge in [0.05, 0.1) is 5.60 Å². The summed E-state index contributed by atoms with van der Waals surface area (Å²) in [5.41, 5.74) is -0.672. The molecule has 1 aromatic rings. The van der Waals surface area contributed by atoms with Crippen LogP contribution in [0.3, 0.4) is 0 Å². The lowest BCUT2D eigenvalue weighted by Crippen LogP contribution is -2.22. The molecule has 3 atom stereocenters. The molecule has 0 saturated heterocycles. The first kappa shape index (κ1) is 21.9. The maximum absolute atomic E-state index is 12.2. The van der Waals surface area contributed by atoms with Gasteiger partial charge in [-0.25, -0.2) is 9.78 Å². The van der Waals surface area contributed by atoms with E-state index in [0.717, 1.165) is 29.4 Å². The Hall–Kier alpha value is -1.44. The molecule has 1 saturated carbocycles. The molecular formula is C20H27NO4S2. The molecule has 0 aromatic carbocycles. The van der Waals surface area contributed by atoms with Crippen LogP contribution in [0.4, 0.5) is 0 Å². The Morgan fingerprint density at radius 1 is 1.56 bits per heavy atom. The minimum Gasteiger partial charge on any atom is -0.476 e. The van der Waals surface area contributed by atoms with E-state index in [9.17, 15) is 14.7 Å². The predicted octanol–water partition coefficient (Wildman–Crippen LogP) is 4.58. The van der Waals surface area contributed by atoms with Crippen LogP contribution in [-0.2, 0) is 4.79 Å². The predicted molar refractivity (Wildman–Crippen MR) is 109 cm³/mol. The van der Waals surface area contributed by atoms with E-state index in [2.05, 4.69) is 17.6 Å². The van der Waals surface area contributed by atoms with Gasteiger partial charge in [-0.3, -0.25) is 4.79 Å². The van der Waals surface area contributed by atoms with Crippen LogP contribution in [0, 0.1) is 11.8 Å². The molecule has 1 aliphatic rings. The van der Waals surface area contributed by atoms with E-state index < -0.39 is 11.6 Å². The van der Waals surface area contributed by atoms with Gasteiger partial charge in [0.25, 0.3) is 0 Å². The van der Waals surface area contributed by atoms with Gasteiger partial charge in [0.2, 0.25) is 0 Å². The maximum atomic E-state index is 12.2. The maximum Gasteiger partial charge on any atom is 0.355 e. The van der Waals surface area contributed by atoms with Gasteiger partial charge in [-0.1, -0.05) is 30.0 Å². The Bertz CT molecular complexity index is 696. The van der Waals surface area contributed by atoms with Crippen molar-refractivity contribution >= 4 is 34.9 Å². The zero-order valence-electron chi connectivity index (χ0n) is 15.6. The number of carboxylic acid groups (broad SMARTS) is 1. The van der Waals surface area contributed by atoms with Gasteiger partial charge >= 0.3 is 5.97 Å². The van der Waals surface area contributed by atoms with Crippen LogP contribution < -0.4 is 0 Å². The zero-order chi connectivity index (χ0) is 19.9. The van der Waals surface area contributed by atoms with Crippen molar-refractivity contribution in [1.29, 1.82) is 0 Å². The second-order valence-electron chi connectivity index (χ2n) is 7.17. The Labute approximate surface area is 168 Å².